The smallest absolute Gasteiger partial charge is 0.550 e. The van der Waals surface area contributed by atoms with Crippen LogP contribution in [0.1, 0.15) is 153 Å². The second kappa shape index (κ2) is 20.3. The van der Waals surface area contributed by atoms with Gasteiger partial charge < -0.3 is 48.5 Å². The van der Waals surface area contributed by atoms with E-state index in [4.69, 9.17) is 28.4 Å². The molecule has 0 aliphatic carbocycles. The molecule has 0 amide bonds. The molecule has 0 unspecified atom stereocenters. The Morgan fingerprint density at radius 1 is 0.898 bits per heavy atom. The fraction of sp³-hybridized carbons (Fsp3) is 0.891. The Kier molecular flexibility index (Phi) is 17.4. The summed E-state index contributed by atoms with van der Waals surface area (Å²) in [6, 6.07) is 0. The van der Waals surface area contributed by atoms with E-state index in [2.05, 4.69) is 20.8 Å². The van der Waals surface area contributed by atoms with E-state index in [9.17, 15) is 29.7 Å². The minimum atomic E-state index is -1.38. The third kappa shape index (κ3) is 10.2. The first-order valence-electron chi connectivity index (χ1n) is 22.7. The van der Waals surface area contributed by atoms with Gasteiger partial charge in [0.15, 0.2) is 11.9 Å². The third-order valence-corrected chi connectivity index (χ3v) is 15.1. The van der Waals surface area contributed by atoms with Crippen molar-refractivity contribution in [1.29, 1.82) is 0 Å². The van der Waals surface area contributed by atoms with E-state index in [1.54, 1.807) is 6.92 Å². The number of rotatable bonds is 15. The van der Waals surface area contributed by atoms with Gasteiger partial charge in [0.25, 0.3) is 0 Å². The molecule has 5 heterocycles. The number of aliphatic hydroxyl groups is 2. The molecule has 2 spiro atoms. The van der Waals surface area contributed by atoms with Gasteiger partial charge in [-0.25, -0.2) is 0 Å². The molecule has 5 rings (SSSR count). The number of carboxylic acid groups (broad SMARTS) is 1. The normalized spacial score (nSPS) is 42.4. The van der Waals surface area contributed by atoms with Crippen molar-refractivity contribution < 1.29 is 87.7 Å². The maximum Gasteiger partial charge on any atom is 1.00 e. The standard InChI is InChI=1S/C46H76O12.Na/c1-12-16-37(47)55-36-20-22-45(58-46(36)24-23-43(11,57-46)35-19-21-44(52,15-4)31(10)53-35)28(7)25-27(6)41(56-45)33(14-3)39(49)29(8)38(48)30(9)40-26(5)17-18-34(54-40)32(13-2)42(50)51;/h20,22,26-36,38,40-41,48,52H,12-19,21,23-25H2,1-11H3,(H,50,51);/q;+1/p-1/t26-,27-,28+,29-,30-,31-,32+,33-,34+,35+,36+,38+,40+,41-,43-,44+,45-,46-;/m0./s1. The van der Waals surface area contributed by atoms with Crippen LogP contribution in [0.5, 0.6) is 0 Å². The van der Waals surface area contributed by atoms with Gasteiger partial charge in [-0.15, -0.1) is 0 Å². The fourth-order valence-electron chi connectivity index (χ4n) is 11.0. The van der Waals surface area contributed by atoms with E-state index in [0.717, 1.165) is 6.42 Å². The van der Waals surface area contributed by atoms with Gasteiger partial charge in [0.2, 0.25) is 5.79 Å². The third-order valence-electron chi connectivity index (χ3n) is 15.1. The minimum Gasteiger partial charge on any atom is -0.550 e. The molecule has 18 atom stereocenters. The maximum atomic E-state index is 14.6. The molecule has 12 nitrogen and oxygen atoms in total. The summed E-state index contributed by atoms with van der Waals surface area (Å²) in [5, 5.41) is 34.8. The van der Waals surface area contributed by atoms with E-state index in [-0.39, 0.29) is 77.7 Å². The summed E-state index contributed by atoms with van der Waals surface area (Å²) < 4.78 is 40.3. The predicted molar refractivity (Wildman–Crippen MR) is 215 cm³/mol. The summed E-state index contributed by atoms with van der Waals surface area (Å²) in [5.74, 6) is -6.82. The van der Waals surface area contributed by atoms with Crippen molar-refractivity contribution in [3.63, 3.8) is 0 Å². The molecule has 332 valence electrons. The van der Waals surface area contributed by atoms with Gasteiger partial charge in [0.05, 0.1) is 47.8 Å². The van der Waals surface area contributed by atoms with Crippen molar-refractivity contribution in [2.75, 3.05) is 0 Å². The number of carbonyl (C=O) groups is 3. The molecule has 0 bridgehead atoms. The van der Waals surface area contributed by atoms with E-state index >= 15 is 0 Å². The SMILES string of the molecule is CCCC(=O)O[C@@H]1C=C[C@]2(O[C@H]([C@@H](CC)C(=O)[C@@H](C)[C@@H](O)[C@H](C)[C@@H]3O[C@@H]([C@@H](CC)C(=O)[O-])CC[C@@H]3C)[C@@H](C)C[C@H]2C)O[C@@]12CC[C@@](C)([C@H]1CC[C@](O)(CC)[C@H](C)O1)O2.[Na+]. The van der Waals surface area contributed by atoms with Gasteiger partial charge in [0.1, 0.15) is 5.78 Å². The van der Waals surface area contributed by atoms with Crippen molar-refractivity contribution in [3.8, 4) is 0 Å². The van der Waals surface area contributed by atoms with Gasteiger partial charge in [-0.05, 0) is 102 Å². The summed E-state index contributed by atoms with van der Waals surface area (Å²) in [4.78, 5) is 39.5. The van der Waals surface area contributed by atoms with Gasteiger partial charge in [-0.2, -0.15) is 0 Å². The number of hydrogen-bond donors (Lipinski definition) is 2. The van der Waals surface area contributed by atoms with E-state index in [0.29, 0.717) is 64.2 Å². The first-order chi connectivity index (χ1) is 27.2. The van der Waals surface area contributed by atoms with Crippen molar-refractivity contribution in [1.82, 2.24) is 0 Å². The summed E-state index contributed by atoms with van der Waals surface area (Å²) in [7, 11) is 0. The molecule has 0 aromatic heterocycles. The Hall–Kier alpha value is -0.930. The summed E-state index contributed by atoms with van der Waals surface area (Å²) >= 11 is 0. The molecular weight excluding hydrogens is 767 g/mol. The van der Waals surface area contributed by atoms with Crippen LogP contribution in [-0.2, 0) is 42.8 Å². The second-order valence-electron chi connectivity index (χ2n) is 19.1. The Bertz CT molecular complexity index is 1480. The molecule has 5 aliphatic rings. The van der Waals surface area contributed by atoms with Crippen LogP contribution < -0.4 is 34.7 Å². The molecule has 2 N–H and O–H groups in total. The Balaban J connectivity index is 0.00000769. The Labute approximate surface area is 375 Å². The topological polar surface area (TPSA) is 170 Å². The molecule has 5 aliphatic heterocycles. The summed E-state index contributed by atoms with van der Waals surface area (Å²) in [6.45, 7) is 21.4. The number of aliphatic hydroxyl groups excluding tert-OH is 1. The largest absolute Gasteiger partial charge is 1.00 e. The quantitative estimate of drug-likeness (QED) is 0.141. The number of Topliss-reactive ketones (excluding diaryl/α,β-unsaturated/α-hetero) is 1. The van der Waals surface area contributed by atoms with Crippen LogP contribution in [0.25, 0.3) is 0 Å². The predicted octanol–water partition coefficient (Wildman–Crippen LogP) is 3.21. The molecule has 0 radical (unpaired) electrons. The van der Waals surface area contributed by atoms with Gasteiger partial charge in [0, 0.05) is 48.4 Å². The van der Waals surface area contributed by atoms with Crippen molar-refractivity contribution in [2.24, 2.45) is 41.4 Å². The molecule has 13 heteroatoms. The van der Waals surface area contributed by atoms with Gasteiger partial charge >= 0.3 is 35.5 Å². The number of esters is 1. The van der Waals surface area contributed by atoms with E-state index in [1.165, 1.54) is 0 Å². The maximum absolute atomic E-state index is 14.6. The van der Waals surface area contributed by atoms with Gasteiger partial charge in [-0.3, -0.25) is 9.59 Å². The Morgan fingerprint density at radius 2 is 1.58 bits per heavy atom. The van der Waals surface area contributed by atoms with Crippen LogP contribution in [0, 0.1) is 41.4 Å². The van der Waals surface area contributed by atoms with Crippen molar-refractivity contribution in [3.05, 3.63) is 12.2 Å². The molecule has 0 aromatic carbocycles. The van der Waals surface area contributed by atoms with E-state index < -0.39 is 82.9 Å². The molecule has 59 heavy (non-hydrogen) atoms. The molecular formula is C46H75NaO12. The average molecular weight is 843 g/mol. The van der Waals surface area contributed by atoms with Crippen molar-refractivity contribution >= 4 is 17.7 Å². The first-order valence-corrected chi connectivity index (χ1v) is 22.7. The van der Waals surface area contributed by atoms with Crippen LogP contribution in [0.3, 0.4) is 0 Å². The van der Waals surface area contributed by atoms with Crippen molar-refractivity contribution in [2.45, 2.75) is 219 Å². The monoisotopic (exact) mass is 843 g/mol. The van der Waals surface area contributed by atoms with Crippen LogP contribution in [0.15, 0.2) is 12.2 Å². The van der Waals surface area contributed by atoms with Crippen LogP contribution in [-0.4, -0.2) is 93.4 Å². The Morgan fingerprint density at radius 3 is 2.17 bits per heavy atom. The molecule has 4 fully saturated rings. The van der Waals surface area contributed by atoms with Gasteiger partial charge in [-0.1, -0.05) is 62.3 Å². The van der Waals surface area contributed by atoms with Crippen LogP contribution in [0.4, 0.5) is 0 Å². The molecule has 0 aromatic rings. The molecule has 0 saturated carbocycles. The fourth-order valence-corrected chi connectivity index (χ4v) is 11.0. The zero-order valence-corrected chi connectivity index (χ0v) is 40.2. The van der Waals surface area contributed by atoms with E-state index in [1.807, 2.05) is 60.6 Å². The summed E-state index contributed by atoms with van der Waals surface area (Å²) in [6.07, 6.45) is 6.17. The number of ether oxygens (including phenoxy) is 6. The van der Waals surface area contributed by atoms with Crippen LogP contribution >= 0.6 is 0 Å². The zero-order chi connectivity index (χ0) is 43.0. The number of carboxylic acids is 1. The number of ketones is 1. The number of hydrogen-bond acceptors (Lipinski definition) is 12. The average Bonchev–Trinajstić information content (AvgIpc) is 3.52. The summed E-state index contributed by atoms with van der Waals surface area (Å²) in [5.41, 5.74) is -1.71. The second-order valence-corrected chi connectivity index (χ2v) is 19.1. The number of carbonyl (C=O) groups excluding carboxylic acids is 3. The first kappa shape index (κ1) is 50.7. The number of aliphatic carboxylic acids is 1. The zero-order valence-electron chi connectivity index (χ0n) is 38.2. The molecule has 4 saturated heterocycles. The van der Waals surface area contributed by atoms with Crippen LogP contribution in [0.2, 0.25) is 0 Å². The minimum absolute atomic E-state index is 0.